The minimum Gasteiger partial charge on any atom is -0.353 e. The molecule has 6 heteroatoms. The summed E-state index contributed by atoms with van der Waals surface area (Å²) in [5.41, 5.74) is 2.32. The van der Waals surface area contributed by atoms with Gasteiger partial charge >= 0.3 is 0 Å². The van der Waals surface area contributed by atoms with Gasteiger partial charge in [-0.1, -0.05) is 48.0 Å². The van der Waals surface area contributed by atoms with Crippen molar-refractivity contribution in [2.45, 2.75) is 19.0 Å². The van der Waals surface area contributed by atoms with Gasteiger partial charge in [-0.15, -0.1) is 0 Å². The Bertz CT molecular complexity index is 1060. The van der Waals surface area contributed by atoms with E-state index in [0.717, 1.165) is 11.3 Å². The number of benzene rings is 2. The van der Waals surface area contributed by atoms with Crippen molar-refractivity contribution in [1.82, 2.24) is 0 Å². The van der Waals surface area contributed by atoms with Crippen LogP contribution in [0.25, 0.3) is 6.08 Å². The average molecular weight is 393 g/mol. The smallest absolute Gasteiger partial charge is 0.240 e. The van der Waals surface area contributed by atoms with E-state index < -0.39 is 17.9 Å². The number of amides is 2. The first-order valence-electron chi connectivity index (χ1n) is 9.18. The van der Waals surface area contributed by atoms with Crippen molar-refractivity contribution in [3.05, 3.63) is 65.2 Å². The molecular formula is C22H17ClN2O3. The summed E-state index contributed by atoms with van der Waals surface area (Å²) in [6.07, 6.45) is 3.91. The molecule has 2 amide bonds. The molecule has 3 heterocycles. The first-order chi connectivity index (χ1) is 13.5. The van der Waals surface area contributed by atoms with Crippen molar-refractivity contribution < 1.29 is 14.4 Å². The highest BCUT2D eigenvalue weighted by atomic mass is 35.5. The average Bonchev–Trinajstić information content (AvgIpc) is 3.15. The van der Waals surface area contributed by atoms with Gasteiger partial charge in [-0.05, 0) is 36.8 Å². The van der Waals surface area contributed by atoms with Gasteiger partial charge in [-0.25, -0.2) is 4.90 Å². The van der Waals surface area contributed by atoms with Crippen molar-refractivity contribution in [3.63, 3.8) is 0 Å². The number of Topliss-reactive ketones (excluding diaryl/α,β-unsaturated/α-hetero) is 1. The maximum atomic E-state index is 13.3. The van der Waals surface area contributed by atoms with E-state index in [1.54, 1.807) is 24.3 Å². The molecular weight excluding hydrogens is 376 g/mol. The Kier molecular flexibility index (Phi) is 3.71. The fourth-order valence-corrected chi connectivity index (χ4v) is 5.03. The molecule has 28 heavy (non-hydrogen) atoms. The van der Waals surface area contributed by atoms with E-state index in [1.165, 1.54) is 11.8 Å². The van der Waals surface area contributed by atoms with E-state index in [1.807, 2.05) is 41.3 Å². The Morgan fingerprint density at radius 1 is 1.00 bits per heavy atom. The normalized spacial score (nSPS) is 27.6. The van der Waals surface area contributed by atoms with Crippen LogP contribution in [-0.4, -0.2) is 29.7 Å². The Balaban J connectivity index is 1.63. The Labute approximate surface area is 167 Å². The number of rotatable bonds is 2. The van der Waals surface area contributed by atoms with Crippen LogP contribution in [0.1, 0.15) is 12.5 Å². The molecule has 140 valence electrons. The lowest BCUT2D eigenvalue weighted by molar-refractivity contribution is -0.126. The fraction of sp³-hybridized carbons (Fsp3) is 0.227. The molecule has 2 aromatic rings. The molecule has 2 aromatic carbocycles. The van der Waals surface area contributed by atoms with E-state index in [-0.39, 0.29) is 23.6 Å². The third-order valence-corrected chi connectivity index (χ3v) is 6.13. The SMILES string of the molecule is CC(=O)C1C2C(=O)N(c3cccc(Cl)c3)C(=O)C2C2C=Cc3ccccc3N21. The number of hydrogen-bond donors (Lipinski definition) is 0. The molecule has 4 unspecified atom stereocenters. The van der Waals surface area contributed by atoms with Crippen LogP contribution in [0, 0.1) is 11.8 Å². The molecule has 2 saturated heterocycles. The standard InChI is InChI=1S/C22H17ClN2O3/c1-12(26)20-19-18(17-10-9-13-5-2-3-8-16(13)25(17)20)21(27)24(22(19)28)15-7-4-6-14(23)11-15/h2-11,17-20H,1H3. The predicted octanol–water partition coefficient (Wildman–Crippen LogP) is 3.32. The monoisotopic (exact) mass is 392 g/mol. The van der Waals surface area contributed by atoms with Crippen molar-refractivity contribution >= 4 is 46.6 Å². The summed E-state index contributed by atoms with van der Waals surface area (Å²) in [5.74, 6) is -2.02. The number of nitrogens with zero attached hydrogens (tertiary/aromatic N) is 2. The number of para-hydroxylation sites is 1. The summed E-state index contributed by atoms with van der Waals surface area (Å²) in [6.45, 7) is 1.49. The Morgan fingerprint density at radius 3 is 2.50 bits per heavy atom. The lowest BCUT2D eigenvalue weighted by atomic mass is 9.88. The molecule has 4 atom stereocenters. The van der Waals surface area contributed by atoms with E-state index in [0.29, 0.717) is 10.7 Å². The van der Waals surface area contributed by atoms with Crippen LogP contribution in [0.15, 0.2) is 54.6 Å². The van der Waals surface area contributed by atoms with Crippen LogP contribution < -0.4 is 9.80 Å². The zero-order chi connectivity index (χ0) is 19.6. The highest BCUT2D eigenvalue weighted by molar-refractivity contribution is 6.31. The highest BCUT2D eigenvalue weighted by Crippen LogP contribution is 2.49. The molecule has 3 aliphatic heterocycles. The number of ketones is 1. The second-order valence-corrected chi connectivity index (χ2v) is 7.85. The summed E-state index contributed by atoms with van der Waals surface area (Å²) in [6, 6.07) is 13.4. The number of imide groups is 1. The van der Waals surface area contributed by atoms with E-state index in [2.05, 4.69) is 0 Å². The Morgan fingerprint density at radius 2 is 1.75 bits per heavy atom. The van der Waals surface area contributed by atoms with Gasteiger partial charge in [0, 0.05) is 10.7 Å². The maximum absolute atomic E-state index is 13.3. The second kappa shape index (κ2) is 6.04. The Hall–Kier alpha value is -2.92. The molecule has 0 bridgehead atoms. The molecule has 5 rings (SSSR count). The largest absolute Gasteiger partial charge is 0.353 e. The highest BCUT2D eigenvalue weighted by Gasteiger charge is 2.63. The van der Waals surface area contributed by atoms with Gasteiger partial charge in [-0.2, -0.15) is 0 Å². The van der Waals surface area contributed by atoms with E-state index in [9.17, 15) is 14.4 Å². The molecule has 0 aliphatic carbocycles. The summed E-state index contributed by atoms with van der Waals surface area (Å²) in [4.78, 5) is 42.5. The fourth-order valence-electron chi connectivity index (χ4n) is 4.84. The van der Waals surface area contributed by atoms with E-state index >= 15 is 0 Å². The van der Waals surface area contributed by atoms with Crippen molar-refractivity contribution in [2.75, 3.05) is 9.80 Å². The van der Waals surface area contributed by atoms with Gasteiger partial charge in [0.25, 0.3) is 0 Å². The first-order valence-corrected chi connectivity index (χ1v) is 9.56. The third-order valence-electron chi connectivity index (χ3n) is 5.90. The number of fused-ring (bicyclic) bond motifs is 5. The van der Waals surface area contributed by atoms with Gasteiger partial charge in [0.2, 0.25) is 11.8 Å². The predicted molar refractivity (Wildman–Crippen MR) is 107 cm³/mol. The zero-order valence-electron chi connectivity index (χ0n) is 15.1. The molecule has 0 N–H and O–H groups in total. The molecule has 0 aromatic heterocycles. The van der Waals surface area contributed by atoms with Crippen LogP contribution in [0.2, 0.25) is 5.02 Å². The van der Waals surface area contributed by atoms with Crippen LogP contribution >= 0.6 is 11.6 Å². The number of anilines is 2. The zero-order valence-corrected chi connectivity index (χ0v) is 15.8. The topological polar surface area (TPSA) is 57.7 Å². The second-order valence-electron chi connectivity index (χ2n) is 7.41. The number of carbonyl (C=O) groups is 3. The molecule has 0 saturated carbocycles. The van der Waals surface area contributed by atoms with Crippen LogP contribution in [0.3, 0.4) is 0 Å². The molecule has 5 nitrogen and oxygen atoms in total. The minimum absolute atomic E-state index is 0.114. The minimum atomic E-state index is -0.704. The molecule has 2 fully saturated rings. The van der Waals surface area contributed by atoms with Crippen LogP contribution in [0.4, 0.5) is 11.4 Å². The van der Waals surface area contributed by atoms with Crippen molar-refractivity contribution in [1.29, 1.82) is 0 Å². The number of carbonyl (C=O) groups excluding carboxylic acids is 3. The van der Waals surface area contributed by atoms with Crippen molar-refractivity contribution in [3.8, 4) is 0 Å². The summed E-state index contributed by atoms with van der Waals surface area (Å²) in [7, 11) is 0. The molecule has 3 aliphatic rings. The number of hydrogen-bond acceptors (Lipinski definition) is 4. The van der Waals surface area contributed by atoms with Crippen LogP contribution in [-0.2, 0) is 14.4 Å². The van der Waals surface area contributed by atoms with Gasteiger partial charge in [-0.3, -0.25) is 14.4 Å². The summed E-state index contributed by atoms with van der Waals surface area (Å²) in [5, 5.41) is 0.450. The van der Waals surface area contributed by atoms with Crippen LogP contribution in [0.5, 0.6) is 0 Å². The van der Waals surface area contributed by atoms with Gasteiger partial charge in [0.1, 0.15) is 6.04 Å². The molecule has 0 spiro atoms. The third kappa shape index (κ3) is 2.23. The van der Waals surface area contributed by atoms with Gasteiger partial charge in [0.05, 0.1) is 23.6 Å². The number of halogens is 1. The first kappa shape index (κ1) is 17.2. The lowest BCUT2D eigenvalue weighted by Gasteiger charge is -2.36. The maximum Gasteiger partial charge on any atom is 0.240 e. The lowest BCUT2D eigenvalue weighted by Crippen LogP contribution is -2.48. The van der Waals surface area contributed by atoms with Crippen molar-refractivity contribution in [2.24, 2.45) is 11.8 Å². The van der Waals surface area contributed by atoms with Gasteiger partial charge in [0.15, 0.2) is 5.78 Å². The summed E-state index contributed by atoms with van der Waals surface area (Å²) < 4.78 is 0. The summed E-state index contributed by atoms with van der Waals surface area (Å²) >= 11 is 6.06. The quantitative estimate of drug-likeness (QED) is 0.736. The molecule has 0 radical (unpaired) electrons. The van der Waals surface area contributed by atoms with Gasteiger partial charge < -0.3 is 4.90 Å². The van der Waals surface area contributed by atoms with E-state index in [4.69, 9.17) is 11.6 Å².